The standard InChI is InChI=1S/C12H20N4O/c1-8(2)16-11(5-6-14-16)15-12(17)9-3-4-10(13)7-9/h5-6,8-10H,3-4,7,13H2,1-2H3,(H,15,17). The first-order valence-electron chi connectivity index (χ1n) is 6.18. The van der Waals surface area contributed by atoms with Gasteiger partial charge < -0.3 is 11.1 Å². The number of carbonyl (C=O) groups excluding carboxylic acids is 1. The smallest absolute Gasteiger partial charge is 0.228 e. The monoisotopic (exact) mass is 236 g/mol. The average molecular weight is 236 g/mol. The van der Waals surface area contributed by atoms with Crippen molar-refractivity contribution >= 4 is 11.7 Å². The Kier molecular flexibility index (Phi) is 3.47. The van der Waals surface area contributed by atoms with Gasteiger partial charge in [0.2, 0.25) is 5.91 Å². The highest BCUT2D eigenvalue weighted by Gasteiger charge is 2.28. The van der Waals surface area contributed by atoms with Gasteiger partial charge in [0.15, 0.2) is 0 Å². The number of amides is 1. The van der Waals surface area contributed by atoms with E-state index in [1.54, 1.807) is 6.20 Å². The maximum absolute atomic E-state index is 12.0. The van der Waals surface area contributed by atoms with Crippen LogP contribution in [0.2, 0.25) is 0 Å². The number of nitrogens with one attached hydrogen (secondary N) is 1. The van der Waals surface area contributed by atoms with Gasteiger partial charge in [-0.2, -0.15) is 5.10 Å². The lowest BCUT2D eigenvalue weighted by atomic mass is 10.1. The fourth-order valence-electron chi connectivity index (χ4n) is 2.31. The van der Waals surface area contributed by atoms with E-state index >= 15 is 0 Å². The first kappa shape index (κ1) is 12.1. The molecule has 5 heteroatoms. The van der Waals surface area contributed by atoms with Crippen LogP contribution in [0.15, 0.2) is 12.3 Å². The van der Waals surface area contributed by atoms with Gasteiger partial charge in [-0.3, -0.25) is 4.79 Å². The molecule has 1 saturated carbocycles. The molecule has 1 aromatic rings. The van der Waals surface area contributed by atoms with Gasteiger partial charge in [0.05, 0.1) is 6.20 Å². The zero-order valence-electron chi connectivity index (χ0n) is 10.4. The summed E-state index contributed by atoms with van der Waals surface area (Å²) >= 11 is 0. The number of hydrogen-bond donors (Lipinski definition) is 2. The third-order valence-electron chi connectivity index (χ3n) is 3.25. The van der Waals surface area contributed by atoms with Gasteiger partial charge in [-0.1, -0.05) is 0 Å². The van der Waals surface area contributed by atoms with Gasteiger partial charge in [0.25, 0.3) is 0 Å². The van der Waals surface area contributed by atoms with E-state index in [9.17, 15) is 4.79 Å². The topological polar surface area (TPSA) is 72.9 Å². The first-order chi connectivity index (χ1) is 8.08. The molecule has 17 heavy (non-hydrogen) atoms. The summed E-state index contributed by atoms with van der Waals surface area (Å²) in [5.41, 5.74) is 5.82. The molecule has 0 saturated heterocycles. The van der Waals surface area contributed by atoms with E-state index in [0.717, 1.165) is 25.1 Å². The maximum atomic E-state index is 12.0. The van der Waals surface area contributed by atoms with Crippen LogP contribution in [-0.2, 0) is 4.79 Å². The highest BCUT2D eigenvalue weighted by atomic mass is 16.2. The second-order valence-corrected chi connectivity index (χ2v) is 5.01. The summed E-state index contributed by atoms with van der Waals surface area (Å²) in [6, 6.07) is 2.25. The number of carbonyl (C=O) groups is 1. The van der Waals surface area contributed by atoms with Crippen LogP contribution in [-0.4, -0.2) is 21.7 Å². The van der Waals surface area contributed by atoms with Gasteiger partial charge in [-0.25, -0.2) is 4.68 Å². The van der Waals surface area contributed by atoms with Crippen molar-refractivity contribution in [2.45, 2.75) is 45.2 Å². The Morgan fingerprint density at radius 1 is 1.59 bits per heavy atom. The minimum absolute atomic E-state index is 0.0560. The molecule has 1 heterocycles. The quantitative estimate of drug-likeness (QED) is 0.836. The van der Waals surface area contributed by atoms with Gasteiger partial charge >= 0.3 is 0 Å². The molecular weight excluding hydrogens is 216 g/mol. The molecule has 3 N–H and O–H groups in total. The molecule has 2 rings (SSSR count). The van der Waals surface area contributed by atoms with Crippen LogP contribution >= 0.6 is 0 Å². The second kappa shape index (κ2) is 4.87. The Morgan fingerprint density at radius 3 is 2.94 bits per heavy atom. The zero-order valence-corrected chi connectivity index (χ0v) is 10.4. The van der Waals surface area contributed by atoms with Crippen molar-refractivity contribution in [2.75, 3.05) is 5.32 Å². The number of rotatable bonds is 3. The molecule has 0 radical (unpaired) electrons. The van der Waals surface area contributed by atoms with Crippen LogP contribution in [0, 0.1) is 5.92 Å². The summed E-state index contributed by atoms with van der Waals surface area (Å²) in [5.74, 6) is 0.895. The fraction of sp³-hybridized carbons (Fsp3) is 0.667. The van der Waals surface area contributed by atoms with Crippen molar-refractivity contribution in [3.63, 3.8) is 0 Å². The molecule has 1 aromatic heterocycles. The molecule has 2 atom stereocenters. The molecule has 1 aliphatic rings. The van der Waals surface area contributed by atoms with Crippen molar-refractivity contribution < 1.29 is 4.79 Å². The first-order valence-corrected chi connectivity index (χ1v) is 6.18. The third kappa shape index (κ3) is 2.66. The molecule has 94 valence electrons. The van der Waals surface area contributed by atoms with Crippen molar-refractivity contribution in [2.24, 2.45) is 11.7 Å². The van der Waals surface area contributed by atoms with Crippen LogP contribution in [0.3, 0.4) is 0 Å². The van der Waals surface area contributed by atoms with Crippen molar-refractivity contribution in [3.8, 4) is 0 Å². The van der Waals surface area contributed by atoms with Gasteiger partial charge in [-0.05, 0) is 33.1 Å². The van der Waals surface area contributed by atoms with Gasteiger partial charge in [0.1, 0.15) is 5.82 Å². The van der Waals surface area contributed by atoms with E-state index in [4.69, 9.17) is 5.73 Å². The summed E-state index contributed by atoms with van der Waals surface area (Å²) < 4.78 is 1.81. The SMILES string of the molecule is CC(C)n1nccc1NC(=O)C1CCC(N)C1. The van der Waals surface area contributed by atoms with Crippen LogP contribution < -0.4 is 11.1 Å². The van der Waals surface area contributed by atoms with E-state index in [1.165, 1.54) is 0 Å². The van der Waals surface area contributed by atoms with E-state index in [2.05, 4.69) is 10.4 Å². The highest BCUT2D eigenvalue weighted by molar-refractivity contribution is 5.92. The maximum Gasteiger partial charge on any atom is 0.228 e. The van der Waals surface area contributed by atoms with Crippen LogP contribution in [0.5, 0.6) is 0 Å². The van der Waals surface area contributed by atoms with Crippen LogP contribution in [0.1, 0.15) is 39.2 Å². The zero-order chi connectivity index (χ0) is 12.4. The predicted molar refractivity (Wildman–Crippen MR) is 66.6 cm³/mol. The largest absolute Gasteiger partial charge is 0.328 e. The Balaban J connectivity index is 2.00. The Labute approximate surface area is 101 Å². The molecule has 1 amide bonds. The van der Waals surface area contributed by atoms with E-state index in [1.807, 2.05) is 24.6 Å². The molecule has 0 spiro atoms. The number of nitrogens with zero attached hydrogens (tertiary/aromatic N) is 2. The van der Waals surface area contributed by atoms with Gasteiger partial charge in [-0.15, -0.1) is 0 Å². The van der Waals surface area contributed by atoms with Crippen molar-refractivity contribution in [3.05, 3.63) is 12.3 Å². The van der Waals surface area contributed by atoms with Crippen LogP contribution in [0.25, 0.3) is 0 Å². The van der Waals surface area contributed by atoms with Gasteiger partial charge in [0, 0.05) is 24.1 Å². The van der Waals surface area contributed by atoms with Crippen molar-refractivity contribution in [1.29, 1.82) is 0 Å². The second-order valence-electron chi connectivity index (χ2n) is 5.01. The predicted octanol–water partition coefficient (Wildman–Crippen LogP) is 1.53. The molecule has 0 aliphatic heterocycles. The Bertz CT molecular complexity index is 399. The lowest BCUT2D eigenvalue weighted by Gasteiger charge is -2.14. The number of anilines is 1. The molecule has 1 aliphatic carbocycles. The molecule has 2 unspecified atom stereocenters. The lowest BCUT2D eigenvalue weighted by Crippen LogP contribution is -2.24. The molecule has 5 nitrogen and oxygen atoms in total. The third-order valence-corrected chi connectivity index (χ3v) is 3.25. The normalized spacial score (nSPS) is 24.2. The highest BCUT2D eigenvalue weighted by Crippen LogP contribution is 2.25. The average Bonchev–Trinajstić information content (AvgIpc) is 2.86. The molecule has 0 bridgehead atoms. The van der Waals surface area contributed by atoms with Crippen molar-refractivity contribution in [1.82, 2.24) is 9.78 Å². The number of aromatic nitrogens is 2. The number of nitrogens with two attached hydrogens (primary N) is 1. The minimum Gasteiger partial charge on any atom is -0.328 e. The van der Waals surface area contributed by atoms with E-state index < -0.39 is 0 Å². The summed E-state index contributed by atoms with van der Waals surface area (Å²) in [4.78, 5) is 12.0. The molecule has 1 fully saturated rings. The fourth-order valence-corrected chi connectivity index (χ4v) is 2.31. The summed E-state index contributed by atoms with van der Waals surface area (Å²) in [6.07, 6.45) is 4.34. The van der Waals surface area contributed by atoms with E-state index in [-0.39, 0.29) is 23.9 Å². The summed E-state index contributed by atoms with van der Waals surface area (Å²) in [6.45, 7) is 4.07. The van der Waals surface area contributed by atoms with Crippen LogP contribution in [0.4, 0.5) is 5.82 Å². The minimum atomic E-state index is 0.0560. The molecular formula is C12H20N4O. The van der Waals surface area contributed by atoms with E-state index in [0.29, 0.717) is 0 Å². The summed E-state index contributed by atoms with van der Waals surface area (Å²) in [5, 5.41) is 7.13. The lowest BCUT2D eigenvalue weighted by molar-refractivity contribution is -0.119. The molecule has 0 aromatic carbocycles. The summed E-state index contributed by atoms with van der Waals surface area (Å²) in [7, 11) is 0. The Morgan fingerprint density at radius 2 is 2.35 bits per heavy atom. The number of hydrogen-bond acceptors (Lipinski definition) is 3. The Hall–Kier alpha value is -1.36.